The van der Waals surface area contributed by atoms with E-state index in [2.05, 4.69) is 22.7 Å². The van der Waals surface area contributed by atoms with E-state index in [1.54, 1.807) is 6.08 Å². The standard InChI is InChI=1S/C24H21N3O4/c1-27(2)18-11-8-16(9-12-18)7-10-17-13-22(31-21-6-4-3-5-19(17)21)23-20(14-30-15-28)25-26-24(23)29/h3-13,15H,14H2,1-2H3,(H,26,29)/b10-7+,23-22+. The molecule has 2 aromatic rings. The molecule has 0 fully saturated rings. The van der Waals surface area contributed by atoms with Crippen molar-refractivity contribution in [1.82, 2.24) is 5.43 Å². The van der Waals surface area contributed by atoms with Crippen LogP contribution in [0.15, 0.2) is 77.1 Å². The monoisotopic (exact) mass is 415 g/mol. The van der Waals surface area contributed by atoms with Crippen LogP contribution in [-0.4, -0.2) is 38.8 Å². The van der Waals surface area contributed by atoms with Crippen LogP contribution >= 0.6 is 0 Å². The summed E-state index contributed by atoms with van der Waals surface area (Å²) >= 11 is 0. The predicted octanol–water partition coefficient (Wildman–Crippen LogP) is 3.15. The Morgan fingerprint density at radius 2 is 1.87 bits per heavy atom. The van der Waals surface area contributed by atoms with Crippen LogP contribution in [0.25, 0.3) is 11.6 Å². The molecule has 0 bridgehead atoms. The quantitative estimate of drug-likeness (QED) is 0.579. The van der Waals surface area contributed by atoms with Gasteiger partial charge in [0.05, 0.1) is 0 Å². The summed E-state index contributed by atoms with van der Waals surface area (Å²) in [4.78, 5) is 25.0. The number of nitrogens with one attached hydrogen (secondary N) is 1. The first-order chi connectivity index (χ1) is 15.1. The smallest absolute Gasteiger partial charge is 0.293 e. The summed E-state index contributed by atoms with van der Waals surface area (Å²) in [6.45, 7) is 0.194. The van der Waals surface area contributed by atoms with Gasteiger partial charge in [-0.25, -0.2) is 5.43 Å². The van der Waals surface area contributed by atoms with Crippen molar-refractivity contribution in [2.45, 2.75) is 0 Å². The Kier molecular flexibility index (Phi) is 5.66. The highest BCUT2D eigenvalue weighted by Crippen LogP contribution is 2.36. The number of hydrogen-bond donors (Lipinski definition) is 1. The Bertz CT molecular complexity index is 1140. The zero-order chi connectivity index (χ0) is 21.8. The van der Waals surface area contributed by atoms with Crippen molar-refractivity contribution < 1.29 is 19.1 Å². The molecule has 4 rings (SSSR count). The third kappa shape index (κ3) is 4.25. The third-order valence-electron chi connectivity index (χ3n) is 4.91. The number of rotatable bonds is 6. The number of nitrogens with zero attached hydrogens (tertiary/aromatic N) is 2. The van der Waals surface area contributed by atoms with Crippen LogP contribution in [0.3, 0.4) is 0 Å². The summed E-state index contributed by atoms with van der Waals surface area (Å²) in [6, 6.07) is 15.8. The van der Waals surface area contributed by atoms with Crippen LogP contribution in [0.4, 0.5) is 5.69 Å². The lowest BCUT2D eigenvalue weighted by atomic mass is 9.98. The minimum Gasteiger partial charge on any atom is -0.461 e. The van der Waals surface area contributed by atoms with Crippen LogP contribution in [0, 0.1) is 0 Å². The summed E-state index contributed by atoms with van der Waals surface area (Å²) in [7, 11) is 4.00. The molecule has 0 aliphatic carbocycles. The molecule has 0 unspecified atom stereocenters. The van der Waals surface area contributed by atoms with E-state index in [0.717, 1.165) is 22.4 Å². The van der Waals surface area contributed by atoms with Crippen molar-refractivity contribution in [2.24, 2.45) is 5.10 Å². The molecule has 0 radical (unpaired) electrons. The molecule has 2 heterocycles. The first-order valence-corrected chi connectivity index (χ1v) is 9.68. The van der Waals surface area contributed by atoms with Crippen molar-refractivity contribution >= 4 is 35.4 Å². The second-order valence-corrected chi connectivity index (χ2v) is 7.16. The minimum atomic E-state index is -0.405. The molecule has 7 heteroatoms. The lowest BCUT2D eigenvalue weighted by molar-refractivity contribution is -0.127. The van der Waals surface area contributed by atoms with Gasteiger partial charge in [-0.2, -0.15) is 5.10 Å². The van der Waals surface area contributed by atoms with E-state index in [1.807, 2.05) is 67.5 Å². The van der Waals surface area contributed by atoms with Gasteiger partial charge in [0.25, 0.3) is 12.4 Å². The highest BCUT2D eigenvalue weighted by Gasteiger charge is 2.30. The van der Waals surface area contributed by atoms with Crippen LogP contribution < -0.4 is 15.1 Å². The summed E-state index contributed by atoms with van der Waals surface area (Å²) in [5.41, 5.74) is 6.92. The maximum atomic E-state index is 12.4. The molecule has 0 aromatic heterocycles. The maximum absolute atomic E-state index is 12.4. The van der Waals surface area contributed by atoms with Gasteiger partial charge in [0, 0.05) is 25.3 Å². The lowest BCUT2D eigenvalue weighted by Gasteiger charge is -2.20. The molecule has 0 saturated heterocycles. The second-order valence-electron chi connectivity index (χ2n) is 7.16. The van der Waals surface area contributed by atoms with Gasteiger partial charge in [0.2, 0.25) is 0 Å². The van der Waals surface area contributed by atoms with Gasteiger partial charge in [-0.15, -0.1) is 0 Å². The lowest BCUT2D eigenvalue weighted by Crippen LogP contribution is -2.20. The van der Waals surface area contributed by atoms with E-state index < -0.39 is 5.91 Å². The first-order valence-electron chi connectivity index (χ1n) is 9.68. The van der Waals surface area contributed by atoms with Gasteiger partial charge in [-0.3, -0.25) is 9.59 Å². The molecule has 0 atom stereocenters. The molecule has 0 spiro atoms. The molecule has 1 N–H and O–H groups in total. The van der Waals surface area contributed by atoms with E-state index in [9.17, 15) is 9.59 Å². The molecule has 1 amide bonds. The van der Waals surface area contributed by atoms with Gasteiger partial charge < -0.3 is 14.4 Å². The van der Waals surface area contributed by atoms with Gasteiger partial charge in [-0.05, 0) is 35.4 Å². The zero-order valence-corrected chi connectivity index (χ0v) is 17.2. The zero-order valence-electron chi connectivity index (χ0n) is 17.2. The largest absolute Gasteiger partial charge is 0.461 e. The highest BCUT2D eigenvalue weighted by molar-refractivity contribution is 6.26. The molecular formula is C24H21N3O4. The summed E-state index contributed by atoms with van der Waals surface area (Å²) in [5.74, 6) is 0.577. The van der Waals surface area contributed by atoms with Crippen molar-refractivity contribution in [1.29, 1.82) is 0 Å². The van der Waals surface area contributed by atoms with Crippen molar-refractivity contribution in [3.05, 3.63) is 83.1 Å². The third-order valence-corrected chi connectivity index (χ3v) is 4.91. The average Bonchev–Trinajstić information content (AvgIpc) is 3.16. The molecular weight excluding hydrogens is 394 g/mol. The van der Waals surface area contributed by atoms with E-state index >= 15 is 0 Å². The van der Waals surface area contributed by atoms with Gasteiger partial charge >= 0.3 is 0 Å². The molecule has 31 heavy (non-hydrogen) atoms. The van der Waals surface area contributed by atoms with Crippen LogP contribution in [0.2, 0.25) is 0 Å². The van der Waals surface area contributed by atoms with E-state index in [-0.39, 0.29) is 12.2 Å². The van der Waals surface area contributed by atoms with Crippen LogP contribution in [-0.2, 0) is 14.3 Å². The number of fused-ring (bicyclic) bond motifs is 1. The fraction of sp³-hybridized carbons (Fsp3) is 0.125. The molecule has 0 saturated carbocycles. The fourth-order valence-electron chi connectivity index (χ4n) is 3.32. The van der Waals surface area contributed by atoms with Gasteiger partial charge in [0.1, 0.15) is 29.4 Å². The normalized spacial score (nSPS) is 17.4. The molecule has 156 valence electrons. The highest BCUT2D eigenvalue weighted by atomic mass is 16.5. The first kappa shape index (κ1) is 20.2. The summed E-state index contributed by atoms with van der Waals surface area (Å²) in [5, 5.41) is 3.95. The maximum Gasteiger partial charge on any atom is 0.293 e. The molecule has 2 aromatic carbocycles. The number of anilines is 1. The molecule has 2 aliphatic heterocycles. The van der Waals surface area contributed by atoms with E-state index in [4.69, 9.17) is 9.47 Å². The number of ether oxygens (including phenoxy) is 2. The summed E-state index contributed by atoms with van der Waals surface area (Å²) in [6.07, 6.45) is 5.79. The molecule has 7 nitrogen and oxygen atoms in total. The Hall–Kier alpha value is -4.13. The number of para-hydroxylation sites is 1. The number of benzene rings is 2. The van der Waals surface area contributed by atoms with Crippen LogP contribution in [0.5, 0.6) is 5.75 Å². The topological polar surface area (TPSA) is 80.2 Å². The minimum absolute atomic E-state index is 0.122. The summed E-state index contributed by atoms with van der Waals surface area (Å²) < 4.78 is 10.8. The van der Waals surface area contributed by atoms with Gasteiger partial charge in [-0.1, -0.05) is 42.5 Å². The number of carbonyl (C=O) groups is 2. The van der Waals surface area contributed by atoms with Crippen molar-refractivity contribution in [3.8, 4) is 5.75 Å². The Labute approximate surface area is 180 Å². The van der Waals surface area contributed by atoms with Gasteiger partial charge in [0.15, 0.2) is 0 Å². The number of amides is 1. The predicted molar refractivity (Wildman–Crippen MR) is 119 cm³/mol. The van der Waals surface area contributed by atoms with E-state index in [0.29, 0.717) is 23.7 Å². The number of hydrogen-bond acceptors (Lipinski definition) is 6. The fourth-order valence-corrected chi connectivity index (χ4v) is 3.32. The number of hydrazone groups is 1. The Morgan fingerprint density at radius 1 is 1.10 bits per heavy atom. The van der Waals surface area contributed by atoms with E-state index in [1.165, 1.54) is 0 Å². The second kappa shape index (κ2) is 8.71. The Balaban J connectivity index is 1.72. The Morgan fingerprint density at radius 3 is 2.61 bits per heavy atom. The van der Waals surface area contributed by atoms with Crippen molar-refractivity contribution in [3.63, 3.8) is 0 Å². The van der Waals surface area contributed by atoms with Crippen molar-refractivity contribution in [2.75, 3.05) is 25.6 Å². The average molecular weight is 415 g/mol. The van der Waals surface area contributed by atoms with Crippen LogP contribution in [0.1, 0.15) is 11.1 Å². The number of allylic oxidation sites excluding steroid dienone is 3. The SMILES string of the molecule is CN(C)c1ccc(/C=C/C2=CC(=C3\C(=O)NN=C3COC=O)/Oc3ccccc32)cc1. The number of carbonyl (C=O) groups excluding carboxylic acids is 2. The molecule has 2 aliphatic rings.